The molecule has 0 atom stereocenters. The summed E-state index contributed by atoms with van der Waals surface area (Å²) in [6, 6.07) is 0. The number of carboxylic acids is 2. The molecule has 2 N–H and O–H groups in total. The maximum absolute atomic E-state index is 11.7. The van der Waals surface area contributed by atoms with Crippen molar-refractivity contribution in [2.75, 3.05) is 46.9 Å². The molecule has 30 heavy (non-hydrogen) atoms. The molecule has 8 heteroatoms. The van der Waals surface area contributed by atoms with Gasteiger partial charge in [0, 0.05) is 19.4 Å². The fraction of sp³-hybridized carbons (Fsp3) is 0.864. The van der Waals surface area contributed by atoms with Gasteiger partial charge in [0.25, 0.3) is 0 Å². The minimum absolute atomic E-state index is 0.211. The fourth-order valence-corrected chi connectivity index (χ4v) is 3.21. The van der Waals surface area contributed by atoms with Crippen LogP contribution in [0.3, 0.4) is 0 Å². The van der Waals surface area contributed by atoms with Crippen LogP contribution in [0.1, 0.15) is 77.0 Å². The third kappa shape index (κ3) is 21.0. The zero-order valence-corrected chi connectivity index (χ0v) is 18.9. The molecule has 0 aliphatic rings. The molecule has 0 heterocycles. The van der Waals surface area contributed by atoms with Crippen molar-refractivity contribution in [2.45, 2.75) is 77.0 Å². The van der Waals surface area contributed by atoms with E-state index in [1.807, 2.05) is 14.1 Å². The summed E-state index contributed by atoms with van der Waals surface area (Å²) in [5.41, 5.74) is 0. The zero-order valence-electron chi connectivity index (χ0n) is 18.9. The molecule has 0 saturated heterocycles. The number of carboxylic acid groups (broad SMARTS) is 2. The van der Waals surface area contributed by atoms with E-state index >= 15 is 0 Å². The van der Waals surface area contributed by atoms with E-state index in [1.165, 1.54) is 0 Å². The Hall–Kier alpha value is -1.67. The lowest BCUT2D eigenvalue weighted by Crippen LogP contribution is -2.32. The summed E-state index contributed by atoms with van der Waals surface area (Å²) in [5.74, 6) is -1.67. The van der Waals surface area contributed by atoms with Gasteiger partial charge in [-0.2, -0.15) is 0 Å². The van der Waals surface area contributed by atoms with Gasteiger partial charge in [0.15, 0.2) is 0 Å². The summed E-state index contributed by atoms with van der Waals surface area (Å²) in [6.07, 6.45) is 10.2. The van der Waals surface area contributed by atoms with Gasteiger partial charge in [-0.15, -0.1) is 0 Å². The molecule has 0 spiro atoms. The standard InChI is InChI=1S/C22H42N2O6/c1-23(2)19-22(29)30-18-17-24(15-11-7-3-5-9-13-20(25)26)16-12-8-4-6-10-14-21(27)28/h3-19H2,1-2H3,(H,25,26)(H,27,28). The molecule has 0 amide bonds. The van der Waals surface area contributed by atoms with Gasteiger partial charge in [-0.3, -0.25) is 24.2 Å². The van der Waals surface area contributed by atoms with Crippen molar-refractivity contribution in [3.05, 3.63) is 0 Å². The Labute approximate surface area is 181 Å². The Bertz CT molecular complexity index is 443. The smallest absolute Gasteiger partial charge is 0.320 e. The minimum atomic E-state index is -0.729. The number of esters is 1. The molecule has 0 rings (SSSR count). The van der Waals surface area contributed by atoms with Crippen molar-refractivity contribution >= 4 is 17.9 Å². The van der Waals surface area contributed by atoms with Gasteiger partial charge in [-0.05, 0) is 52.9 Å². The third-order valence-corrected chi connectivity index (χ3v) is 4.85. The first-order valence-corrected chi connectivity index (χ1v) is 11.3. The van der Waals surface area contributed by atoms with Crippen molar-refractivity contribution in [3.63, 3.8) is 0 Å². The van der Waals surface area contributed by atoms with Crippen molar-refractivity contribution < 1.29 is 29.3 Å². The number of nitrogens with zero attached hydrogens (tertiary/aromatic N) is 2. The highest BCUT2D eigenvalue weighted by Gasteiger charge is 2.08. The van der Waals surface area contributed by atoms with Crippen LogP contribution in [0.4, 0.5) is 0 Å². The first kappa shape index (κ1) is 28.3. The molecule has 0 saturated carbocycles. The summed E-state index contributed by atoms with van der Waals surface area (Å²) in [5, 5.41) is 17.3. The number of carbonyl (C=O) groups is 3. The number of unbranched alkanes of at least 4 members (excludes halogenated alkanes) is 8. The second kappa shape index (κ2) is 19.3. The Kier molecular flexibility index (Phi) is 18.2. The quantitative estimate of drug-likeness (QED) is 0.211. The van der Waals surface area contributed by atoms with Gasteiger partial charge in [0.05, 0.1) is 6.54 Å². The highest BCUT2D eigenvalue weighted by Crippen LogP contribution is 2.09. The number of hydrogen-bond donors (Lipinski definition) is 2. The van der Waals surface area contributed by atoms with Gasteiger partial charge in [-0.1, -0.05) is 38.5 Å². The Morgan fingerprint density at radius 3 is 1.53 bits per heavy atom. The van der Waals surface area contributed by atoms with Gasteiger partial charge >= 0.3 is 17.9 Å². The molecule has 0 aliphatic carbocycles. The van der Waals surface area contributed by atoms with Crippen LogP contribution in [0.15, 0.2) is 0 Å². The normalized spacial score (nSPS) is 11.2. The largest absolute Gasteiger partial charge is 0.481 e. The van der Waals surface area contributed by atoms with Gasteiger partial charge < -0.3 is 14.9 Å². The van der Waals surface area contributed by atoms with E-state index < -0.39 is 11.9 Å². The van der Waals surface area contributed by atoms with E-state index in [-0.39, 0.29) is 25.4 Å². The Morgan fingerprint density at radius 1 is 0.667 bits per heavy atom. The second-order valence-corrected chi connectivity index (χ2v) is 8.12. The van der Waals surface area contributed by atoms with E-state index in [0.717, 1.165) is 83.8 Å². The average molecular weight is 431 g/mol. The first-order valence-electron chi connectivity index (χ1n) is 11.3. The molecule has 176 valence electrons. The monoisotopic (exact) mass is 430 g/mol. The van der Waals surface area contributed by atoms with E-state index in [1.54, 1.807) is 4.90 Å². The maximum Gasteiger partial charge on any atom is 0.320 e. The third-order valence-electron chi connectivity index (χ3n) is 4.85. The number of ether oxygens (including phenoxy) is 1. The van der Waals surface area contributed by atoms with Gasteiger partial charge in [0.2, 0.25) is 0 Å². The molecule has 8 nitrogen and oxygen atoms in total. The van der Waals surface area contributed by atoms with Crippen LogP contribution in [0.2, 0.25) is 0 Å². The molecule has 0 unspecified atom stereocenters. The van der Waals surface area contributed by atoms with Crippen LogP contribution in [-0.2, 0) is 19.1 Å². The van der Waals surface area contributed by atoms with Gasteiger partial charge in [0.1, 0.15) is 6.61 Å². The predicted molar refractivity (Wildman–Crippen MR) is 117 cm³/mol. The molecule has 0 aromatic carbocycles. The number of rotatable bonds is 21. The lowest BCUT2D eigenvalue weighted by molar-refractivity contribution is -0.144. The minimum Gasteiger partial charge on any atom is -0.481 e. The average Bonchev–Trinajstić information content (AvgIpc) is 2.64. The maximum atomic E-state index is 11.7. The Morgan fingerprint density at radius 2 is 1.10 bits per heavy atom. The zero-order chi connectivity index (χ0) is 22.6. The van der Waals surface area contributed by atoms with Crippen LogP contribution in [0.5, 0.6) is 0 Å². The first-order chi connectivity index (χ1) is 14.3. The highest BCUT2D eigenvalue weighted by molar-refractivity contribution is 5.71. The molecule has 0 radical (unpaired) electrons. The van der Waals surface area contributed by atoms with Crippen molar-refractivity contribution in [2.24, 2.45) is 0 Å². The molecule has 0 aliphatic heterocycles. The van der Waals surface area contributed by atoms with Gasteiger partial charge in [-0.25, -0.2) is 0 Å². The molecule has 0 fully saturated rings. The topological polar surface area (TPSA) is 107 Å². The molecular formula is C22H42N2O6. The highest BCUT2D eigenvalue weighted by atomic mass is 16.5. The predicted octanol–water partition coefficient (Wildman–Crippen LogP) is 3.24. The van der Waals surface area contributed by atoms with E-state index in [9.17, 15) is 14.4 Å². The lowest BCUT2D eigenvalue weighted by atomic mass is 10.1. The molecular weight excluding hydrogens is 388 g/mol. The number of aliphatic carboxylic acids is 2. The van der Waals surface area contributed by atoms with Crippen LogP contribution >= 0.6 is 0 Å². The van der Waals surface area contributed by atoms with Crippen LogP contribution in [0.25, 0.3) is 0 Å². The summed E-state index contributed by atoms with van der Waals surface area (Å²) in [6.45, 7) is 3.29. The van der Waals surface area contributed by atoms with Crippen LogP contribution in [0, 0.1) is 0 Å². The summed E-state index contributed by atoms with van der Waals surface area (Å²) < 4.78 is 5.31. The van der Waals surface area contributed by atoms with Crippen molar-refractivity contribution in [1.82, 2.24) is 9.80 Å². The number of carbonyl (C=O) groups excluding carboxylic acids is 1. The molecule has 0 aromatic rings. The molecule has 0 bridgehead atoms. The van der Waals surface area contributed by atoms with Crippen LogP contribution in [-0.4, -0.2) is 84.8 Å². The van der Waals surface area contributed by atoms with E-state index in [0.29, 0.717) is 6.61 Å². The number of likely N-dealkylation sites (N-methyl/N-ethyl adjacent to an activating group) is 1. The number of hydrogen-bond acceptors (Lipinski definition) is 6. The van der Waals surface area contributed by atoms with Crippen LogP contribution < -0.4 is 0 Å². The summed E-state index contributed by atoms with van der Waals surface area (Å²) >= 11 is 0. The van der Waals surface area contributed by atoms with Crippen molar-refractivity contribution in [3.8, 4) is 0 Å². The SMILES string of the molecule is CN(C)CC(=O)OCCN(CCCCCCCC(=O)O)CCCCCCCC(=O)O. The fourth-order valence-electron chi connectivity index (χ4n) is 3.21. The second-order valence-electron chi connectivity index (χ2n) is 8.12. The lowest BCUT2D eigenvalue weighted by Gasteiger charge is -2.22. The van der Waals surface area contributed by atoms with E-state index in [4.69, 9.17) is 14.9 Å². The van der Waals surface area contributed by atoms with E-state index in [2.05, 4.69) is 4.90 Å². The summed E-state index contributed by atoms with van der Waals surface area (Å²) in [7, 11) is 3.67. The molecule has 0 aromatic heterocycles. The Balaban J connectivity index is 4.04. The van der Waals surface area contributed by atoms with Crippen molar-refractivity contribution in [1.29, 1.82) is 0 Å². The summed E-state index contributed by atoms with van der Waals surface area (Å²) in [4.78, 5) is 36.9.